The van der Waals surface area contributed by atoms with Crippen molar-refractivity contribution >= 4 is 59.9 Å². The highest BCUT2D eigenvalue weighted by molar-refractivity contribution is 6.16. The Morgan fingerprint density at radius 3 is 1.86 bits per heavy atom. The molecule has 0 saturated heterocycles. The largest absolute Gasteiger partial charge is 0.309 e. The second kappa shape index (κ2) is 11.5. The predicted molar refractivity (Wildman–Crippen MR) is 211 cm³/mol. The van der Waals surface area contributed by atoms with E-state index < -0.39 is 0 Å². The normalized spacial score (nSPS) is 11.5. The summed E-state index contributed by atoms with van der Waals surface area (Å²) < 4.78 is 2.35. The molecule has 0 atom stereocenters. The van der Waals surface area contributed by atoms with Gasteiger partial charge in [0.2, 0.25) is 5.69 Å². The Balaban J connectivity index is 1.31. The zero-order valence-corrected chi connectivity index (χ0v) is 27.5. The lowest BCUT2D eigenvalue weighted by Crippen LogP contribution is -2.00. The summed E-state index contributed by atoms with van der Waals surface area (Å²) in [5, 5.41) is 7.58. The molecule has 0 fully saturated rings. The van der Waals surface area contributed by atoms with Crippen molar-refractivity contribution in [2.45, 2.75) is 0 Å². The first-order chi connectivity index (χ1) is 25.2. The molecule has 2 aromatic heterocycles. The number of para-hydroxylation sites is 1. The third-order valence-corrected chi connectivity index (χ3v) is 9.98. The van der Waals surface area contributed by atoms with E-state index in [2.05, 4.69) is 137 Å². The van der Waals surface area contributed by atoms with Gasteiger partial charge in [-0.15, -0.1) is 0 Å². The summed E-state index contributed by atoms with van der Waals surface area (Å²) in [7, 11) is 0. The lowest BCUT2D eigenvalue weighted by molar-refractivity contribution is 1.19. The molecule has 0 amide bonds. The van der Waals surface area contributed by atoms with Crippen molar-refractivity contribution in [2.75, 3.05) is 0 Å². The van der Waals surface area contributed by atoms with Gasteiger partial charge in [-0.25, -0.2) is 14.8 Å². The Morgan fingerprint density at radius 1 is 0.451 bits per heavy atom. The van der Waals surface area contributed by atoms with E-state index in [0.29, 0.717) is 17.1 Å². The van der Waals surface area contributed by atoms with Crippen LogP contribution >= 0.6 is 0 Å². The zero-order valence-electron chi connectivity index (χ0n) is 27.5. The van der Waals surface area contributed by atoms with Crippen molar-refractivity contribution in [2.24, 2.45) is 0 Å². The van der Waals surface area contributed by atoms with Crippen LogP contribution in [0, 0.1) is 6.57 Å². The van der Waals surface area contributed by atoms with Crippen molar-refractivity contribution in [1.82, 2.24) is 14.5 Å². The van der Waals surface area contributed by atoms with Crippen LogP contribution in [0.25, 0.3) is 98.6 Å². The van der Waals surface area contributed by atoms with E-state index in [-0.39, 0.29) is 0 Å². The Morgan fingerprint density at radius 2 is 1.10 bits per heavy atom. The van der Waals surface area contributed by atoms with Crippen LogP contribution in [-0.2, 0) is 0 Å². The van der Waals surface area contributed by atoms with E-state index in [0.717, 1.165) is 60.8 Å². The molecule has 0 saturated carbocycles. The van der Waals surface area contributed by atoms with Crippen molar-refractivity contribution in [1.29, 1.82) is 0 Å². The summed E-state index contributed by atoms with van der Waals surface area (Å²) in [6.07, 6.45) is 0. The molecular weight excluding hydrogens is 621 g/mol. The van der Waals surface area contributed by atoms with Crippen LogP contribution in [0.3, 0.4) is 0 Å². The molecule has 0 aliphatic carbocycles. The number of hydrogen-bond acceptors (Lipinski definition) is 2. The number of fused-ring (bicyclic) bond motifs is 6. The summed E-state index contributed by atoms with van der Waals surface area (Å²) in [5.41, 5.74) is 9.30. The van der Waals surface area contributed by atoms with Gasteiger partial charge in [-0.05, 0) is 69.1 Å². The summed E-state index contributed by atoms with van der Waals surface area (Å²) in [6.45, 7) is 8.50. The van der Waals surface area contributed by atoms with Gasteiger partial charge in [-0.3, -0.25) is 0 Å². The maximum absolute atomic E-state index is 8.50. The van der Waals surface area contributed by atoms with Gasteiger partial charge in [0.25, 0.3) is 0 Å². The minimum Gasteiger partial charge on any atom is -0.309 e. The van der Waals surface area contributed by atoms with Gasteiger partial charge in [0.1, 0.15) is 5.82 Å². The van der Waals surface area contributed by atoms with Gasteiger partial charge in [0.05, 0.1) is 34.5 Å². The van der Waals surface area contributed by atoms with E-state index in [4.69, 9.17) is 16.5 Å². The Bertz CT molecular complexity index is 3030. The van der Waals surface area contributed by atoms with Crippen LogP contribution in [0.15, 0.2) is 170 Å². The van der Waals surface area contributed by atoms with E-state index in [1.807, 2.05) is 42.5 Å². The lowest BCUT2D eigenvalue weighted by atomic mass is 9.99. The quantitative estimate of drug-likeness (QED) is 0.178. The van der Waals surface area contributed by atoms with Gasteiger partial charge >= 0.3 is 0 Å². The average molecular weight is 649 g/mol. The number of rotatable bonds is 4. The summed E-state index contributed by atoms with van der Waals surface area (Å²) in [6, 6.07) is 59.0. The fourth-order valence-corrected chi connectivity index (χ4v) is 7.61. The molecule has 0 N–H and O–H groups in total. The second-order valence-corrected chi connectivity index (χ2v) is 12.9. The molecule has 0 aliphatic rings. The van der Waals surface area contributed by atoms with E-state index in [1.165, 1.54) is 21.5 Å². The number of aromatic nitrogens is 3. The molecule has 4 heteroatoms. The molecule has 8 aromatic carbocycles. The standard InChI is InChI=1S/C47H28N4/c1-48-46-37-22-11-10-20-35(37)44(51-42-23-13-12-21-36(42)39-26-32-18-8-9-19-33(32)28-43(39)51)29-40(46)47-49-41-27-34(30-14-4-2-5-15-30)24-25-38(41)45(50-47)31-16-6-3-7-17-31/h2-29H. The molecule has 0 radical (unpaired) electrons. The molecule has 0 aliphatic heterocycles. The second-order valence-electron chi connectivity index (χ2n) is 12.9. The van der Waals surface area contributed by atoms with E-state index in [1.54, 1.807) is 0 Å². The van der Waals surface area contributed by atoms with Crippen LogP contribution in [0.5, 0.6) is 0 Å². The fraction of sp³-hybridized carbons (Fsp3) is 0. The lowest BCUT2D eigenvalue weighted by Gasteiger charge is -2.17. The van der Waals surface area contributed by atoms with Crippen molar-refractivity contribution < 1.29 is 0 Å². The Labute approximate surface area is 294 Å². The first kappa shape index (κ1) is 28.9. The minimum atomic E-state index is 0.524. The molecular formula is C47H28N4. The number of benzene rings is 8. The first-order valence-corrected chi connectivity index (χ1v) is 17.0. The van der Waals surface area contributed by atoms with E-state index >= 15 is 0 Å². The van der Waals surface area contributed by atoms with Gasteiger partial charge in [0.15, 0.2) is 0 Å². The maximum atomic E-state index is 8.50. The minimum absolute atomic E-state index is 0.524. The van der Waals surface area contributed by atoms with Crippen LogP contribution in [-0.4, -0.2) is 14.5 Å². The summed E-state index contributed by atoms with van der Waals surface area (Å²) >= 11 is 0. The molecule has 0 bridgehead atoms. The first-order valence-electron chi connectivity index (χ1n) is 17.0. The summed E-state index contributed by atoms with van der Waals surface area (Å²) in [5.74, 6) is 0.524. The predicted octanol–water partition coefficient (Wildman–Crippen LogP) is 12.6. The highest BCUT2D eigenvalue weighted by Crippen LogP contribution is 2.44. The fourth-order valence-electron chi connectivity index (χ4n) is 7.61. The Hall–Kier alpha value is -7.09. The smallest absolute Gasteiger partial charge is 0.205 e. The molecule has 51 heavy (non-hydrogen) atoms. The van der Waals surface area contributed by atoms with Crippen molar-refractivity contribution in [3.63, 3.8) is 0 Å². The molecule has 236 valence electrons. The van der Waals surface area contributed by atoms with Gasteiger partial charge in [0, 0.05) is 27.3 Å². The average Bonchev–Trinajstić information content (AvgIpc) is 3.52. The topological polar surface area (TPSA) is 35.1 Å². The Kier molecular flexibility index (Phi) is 6.52. The molecule has 10 rings (SSSR count). The van der Waals surface area contributed by atoms with Gasteiger partial charge < -0.3 is 4.57 Å². The van der Waals surface area contributed by atoms with Crippen LogP contribution in [0.4, 0.5) is 5.69 Å². The van der Waals surface area contributed by atoms with E-state index in [9.17, 15) is 0 Å². The molecule has 0 spiro atoms. The highest BCUT2D eigenvalue weighted by Gasteiger charge is 2.22. The monoisotopic (exact) mass is 648 g/mol. The third-order valence-electron chi connectivity index (χ3n) is 9.98. The SMILES string of the molecule is [C-]#[N+]c1c(-c2nc(-c3ccccc3)c3ccc(-c4ccccc4)cc3n2)cc(-n2c3ccccc3c3cc4ccccc4cc32)c2ccccc12. The number of hydrogen-bond donors (Lipinski definition) is 0. The van der Waals surface area contributed by atoms with Crippen LogP contribution in [0.2, 0.25) is 0 Å². The third kappa shape index (κ3) is 4.60. The van der Waals surface area contributed by atoms with Gasteiger partial charge in [-0.2, -0.15) is 0 Å². The number of nitrogens with zero attached hydrogens (tertiary/aromatic N) is 4. The van der Waals surface area contributed by atoms with Crippen molar-refractivity contribution in [3.8, 4) is 39.5 Å². The van der Waals surface area contributed by atoms with Gasteiger partial charge in [-0.1, -0.05) is 133 Å². The maximum Gasteiger partial charge on any atom is 0.205 e. The molecule has 0 unspecified atom stereocenters. The van der Waals surface area contributed by atoms with Crippen molar-refractivity contribution in [3.05, 3.63) is 181 Å². The van der Waals surface area contributed by atoms with Crippen LogP contribution < -0.4 is 0 Å². The molecule has 10 aromatic rings. The highest BCUT2D eigenvalue weighted by atomic mass is 15.0. The molecule has 4 nitrogen and oxygen atoms in total. The zero-order chi connectivity index (χ0) is 33.9. The van der Waals surface area contributed by atoms with Crippen LogP contribution in [0.1, 0.15) is 0 Å². The summed E-state index contributed by atoms with van der Waals surface area (Å²) in [4.78, 5) is 14.7. The molecule has 2 heterocycles.